The van der Waals surface area contributed by atoms with Crippen molar-refractivity contribution in [3.8, 4) is 0 Å². The number of carbonyl (C=O) groups is 1. The van der Waals surface area contributed by atoms with Gasteiger partial charge in [0.05, 0.1) is 12.7 Å². The van der Waals surface area contributed by atoms with Crippen LogP contribution >= 0.6 is 11.3 Å². The van der Waals surface area contributed by atoms with Crippen LogP contribution in [0.2, 0.25) is 0 Å². The number of furan rings is 1. The highest BCUT2D eigenvalue weighted by atomic mass is 32.1. The van der Waals surface area contributed by atoms with Crippen LogP contribution in [0.1, 0.15) is 16.7 Å². The monoisotopic (exact) mass is 320 g/mol. The minimum Gasteiger partial charge on any atom is -0.467 e. The normalized spacial score (nSPS) is 17.6. The van der Waals surface area contributed by atoms with Gasteiger partial charge in [-0.25, -0.2) is 0 Å². The number of thiophene rings is 1. The Morgan fingerprint density at radius 1 is 1.27 bits per heavy atom. The fourth-order valence-corrected chi connectivity index (χ4v) is 3.37. The minimum atomic E-state index is -0.608. The van der Waals surface area contributed by atoms with Gasteiger partial charge in [-0.05, 0) is 23.6 Å². The van der Waals surface area contributed by atoms with Gasteiger partial charge >= 0.3 is 0 Å². The molecule has 1 N–H and O–H groups in total. The molecule has 2 aromatic heterocycles. The minimum absolute atomic E-state index is 0.189. The third kappa shape index (κ3) is 3.76. The van der Waals surface area contributed by atoms with Gasteiger partial charge in [-0.1, -0.05) is 6.07 Å². The summed E-state index contributed by atoms with van der Waals surface area (Å²) in [5, 5.41) is 12.1. The first-order chi connectivity index (χ1) is 10.7. The summed E-state index contributed by atoms with van der Waals surface area (Å²) in [6.45, 7) is 3.55. The molecule has 5 nitrogen and oxygen atoms in total. The van der Waals surface area contributed by atoms with E-state index in [9.17, 15) is 9.90 Å². The highest BCUT2D eigenvalue weighted by Crippen LogP contribution is 2.16. The predicted molar refractivity (Wildman–Crippen MR) is 84.7 cm³/mol. The predicted octanol–water partition coefficient (Wildman–Crippen LogP) is 1.76. The van der Waals surface area contributed by atoms with Crippen LogP contribution in [0.4, 0.5) is 0 Å². The van der Waals surface area contributed by atoms with Gasteiger partial charge in [0.1, 0.15) is 11.9 Å². The van der Waals surface area contributed by atoms with E-state index in [-0.39, 0.29) is 5.91 Å². The summed E-state index contributed by atoms with van der Waals surface area (Å²) < 4.78 is 5.21. The third-order valence-corrected chi connectivity index (χ3v) is 4.81. The van der Waals surface area contributed by atoms with Crippen molar-refractivity contribution in [1.82, 2.24) is 9.80 Å². The molecule has 3 heterocycles. The molecule has 1 aliphatic heterocycles. The molecule has 0 bridgehead atoms. The largest absolute Gasteiger partial charge is 0.467 e. The van der Waals surface area contributed by atoms with Crippen molar-refractivity contribution < 1.29 is 14.3 Å². The summed E-state index contributed by atoms with van der Waals surface area (Å²) in [5.74, 6) is 0.782. The molecule has 0 spiro atoms. The number of hydrogen-bond acceptors (Lipinski definition) is 5. The maximum absolute atomic E-state index is 12.2. The van der Waals surface area contributed by atoms with Crippen LogP contribution in [-0.4, -0.2) is 53.5 Å². The first kappa shape index (κ1) is 15.3. The van der Waals surface area contributed by atoms with E-state index in [1.54, 1.807) is 29.7 Å². The van der Waals surface area contributed by atoms with Gasteiger partial charge in [0, 0.05) is 37.6 Å². The SMILES string of the molecule is O=C(Cc1cccs1)N1CCN(C[C@@H](O)c2ccco2)CC1. The van der Waals surface area contributed by atoms with E-state index in [2.05, 4.69) is 4.90 Å². The second-order valence-corrected chi connectivity index (χ2v) is 6.50. The third-order valence-electron chi connectivity index (χ3n) is 3.93. The molecule has 1 saturated heterocycles. The summed E-state index contributed by atoms with van der Waals surface area (Å²) >= 11 is 1.62. The molecule has 0 saturated carbocycles. The van der Waals surface area contributed by atoms with Crippen LogP contribution in [0.5, 0.6) is 0 Å². The number of carbonyl (C=O) groups excluding carboxylic acids is 1. The fraction of sp³-hybridized carbons (Fsp3) is 0.438. The maximum Gasteiger partial charge on any atom is 0.227 e. The average Bonchev–Trinajstić information content (AvgIpc) is 3.21. The average molecular weight is 320 g/mol. The van der Waals surface area contributed by atoms with E-state index >= 15 is 0 Å². The molecule has 0 aromatic carbocycles. The lowest BCUT2D eigenvalue weighted by atomic mass is 10.2. The number of nitrogens with zero attached hydrogens (tertiary/aromatic N) is 2. The van der Waals surface area contributed by atoms with E-state index in [0.29, 0.717) is 18.7 Å². The highest BCUT2D eigenvalue weighted by molar-refractivity contribution is 7.10. The standard InChI is InChI=1S/C16H20N2O3S/c19-14(15-4-1-9-21-15)12-17-5-7-18(8-6-17)16(20)11-13-3-2-10-22-13/h1-4,9-10,14,19H,5-8,11-12H2/t14-/m1/s1. The smallest absolute Gasteiger partial charge is 0.227 e. The highest BCUT2D eigenvalue weighted by Gasteiger charge is 2.23. The Hall–Kier alpha value is -1.63. The van der Waals surface area contributed by atoms with Crippen molar-refractivity contribution in [3.63, 3.8) is 0 Å². The number of amides is 1. The van der Waals surface area contributed by atoms with Crippen LogP contribution < -0.4 is 0 Å². The molecule has 2 aromatic rings. The molecule has 0 unspecified atom stereocenters. The number of hydrogen-bond donors (Lipinski definition) is 1. The molecule has 22 heavy (non-hydrogen) atoms. The Morgan fingerprint density at radius 3 is 2.73 bits per heavy atom. The van der Waals surface area contributed by atoms with E-state index in [1.807, 2.05) is 22.4 Å². The number of β-amino-alcohol motifs (C(OH)–C–C–N with tert-alkyl or cyclic N) is 1. The first-order valence-corrected chi connectivity index (χ1v) is 8.34. The number of aliphatic hydroxyl groups excluding tert-OH is 1. The molecular weight excluding hydrogens is 300 g/mol. The molecule has 1 fully saturated rings. The molecule has 1 aliphatic rings. The summed E-state index contributed by atoms with van der Waals surface area (Å²) in [6.07, 6.45) is 1.45. The molecule has 118 valence electrons. The Bertz CT molecular complexity index is 575. The van der Waals surface area contributed by atoms with E-state index in [1.165, 1.54) is 0 Å². The zero-order chi connectivity index (χ0) is 15.4. The Morgan fingerprint density at radius 2 is 2.09 bits per heavy atom. The number of rotatable bonds is 5. The molecule has 0 radical (unpaired) electrons. The van der Waals surface area contributed by atoms with Gasteiger partial charge in [0.15, 0.2) is 0 Å². The van der Waals surface area contributed by atoms with Crippen LogP contribution in [-0.2, 0) is 11.2 Å². The molecule has 1 atom stereocenters. The van der Waals surface area contributed by atoms with Crippen LogP contribution in [0.25, 0.3) is 0 Å². The Labute approximate surface area is 133 Å². The summed E-state index contributed by atoms with van der Waals surface area (Å²) in [6, 6.07) is 7.53. The van der Waals surface area contributed by atoms with Crippen molar-refractivity contribution in [2.24, 2.45) is 0 Å². The Kier molecular flexibility index (Phi) is 4.92. The van der Waals surface area contributed by atoms with Gasteiger partial charge in [-0.2, -0.15) is 0 Å². The van der Waals surface area contributed by atoms with E-state index < -0.39 is 6.10 Å². The van der Waals surface area contributed by atoms with Gasteiger partial charge < -0.3 is 14.4 Å². The van der Waals surface area contributed by atoms with Crippen molar-refractivity contribution >= 4 is 17.2 Å². The topological polar surface area (TPSA) is 56.9 Å². The fourth-order valence-electron chi connectivity index (χ4n) is 2.67. The maximum atomic E-state index is 12.2. The summed E-state index contributed by atoms with van der Waals surface area (Å²) in [4.78, 5) is 17.4. The lowest BCUT2D eigenvalue weighted by Crippen LogP contribution is -2.49. The first-order valence-electron chi connectivity index (χ1n) is 7.46. The zero-order valence-corrected chi connectivity index (χ0v) is 13.2. The number of aliphatic hydroxyl groups is 1. The molecular formula is C16H20N2O3S. The van der Waals surface area contributed by atoms with Gasteiger partial charge in [-0.15, -0.1) is 11.3 Å². The second-order valence-electron chi connectivity index (χ2n) is 5.47. The molecule has 3 rings (SSSR count). The lowest BCUT2D eigenvalue weighted by molar-refractivity contribution is -0.132. The lowest BCUT2D eigenvalue weighted by Gasteiger charge is -2.35. The van der Waals surface area contributed by atoms with Crippen LogP contribution in [0.3, 0.4) is 0 Å². The molecule has 0 aliphatic carbocycles. The number of piperazine rings is 1. The molecule has 1 amide bonds. The summed E-state index contributed by atoms with van der Waals surface area (Å²) in [7, 11) is 0. The quantitative estimate of drug-likeness (QED) is 0.912. The van der Waals surface area contributed by atoms with Crippen LogP contribution in [0.15, 0.2) is 40.3 Å². The van der Waals surface area contributed by atoms with E-state index in [4.69, 9.17) is 4.42 Å². The van der Waals surface area contributed by atoms with E-state index in [0.717, 1.165) is 31.1 Å². The van der Waals surface area contributed by atoms with Crippen molar-refractivity contribution in [1.29, 1.82) is 0 Å². The van der Waals surface area contributed by atoms with Gasteiger partial charge in [0.2, 0.25) is 5.91 Å². The Balaban J connectivity index is 1.45. The van der Waals surface area contributed by atoms with Crippen LogP contribution in [0, 0.1) is 0 Å². The van der Waals surface area contributed by atoms with Crippen molar-refractivity contribution in [2.75, 3.05) is 32.7 Å². The second kappa shape index (κ2) is 7.09. The van der Waals surface area contributed by atoms with Gasteiger partial charge in [-0.3, -0.25) is 9.69 Å². The summed E-state index contributed by atoms with van der Waals surface area (Å²) in [5.41, 5.74) is 0. The zero-order valence-electron chi connectivity index (χ0n) is 12.4. The van der Waals surface area contributed by atoms with Crippen molar-refractivity contribution in [3.05, 3.63) is 46.5 Å². The molecule has 6 heteroatoms. The van der Waals surface area contributed by atoms with Gasteiger partial charge in [0.25, 0.3) is 0 Å². The van der Waals surface area contributed by atoms with Crippen molar-refractivity contribution in [2.45, 2.75) is 12.5 Å².